The smallest absolute Gasteiger partial charge is 0.191 e. The summed E-state index contributed by atoms with van der Waals surface area (Å²) in [6.45, 7) is 1.38. The van der Waals surface area contributed by atoms with Crippen LogP contribution < -0.4 is 20.1 Å². The molecule has 1 heterocycles. The minimum atomic E-state index is 0. The van der Waals surface area contributed by atoms with Crippen molar-refractivity contribution in [2.24, 2.45) is 4.99 Å². The molecule has 0 atom stereocenters. The van der Waals surface area contributed by atoms with Crippen molar-refractivity contribution in [3.8, 4) is 22.1 Å². The minimum absolute atomic E-state index is 0. The van der Waals surface area contributed by atoms with Crippen LogP contribution >= 0.6 is 35.3 Å². The van der Waals surface area contributed by atoms with Gasteiger partial charge < -0.3 is 20.1 Å². The topological polar surface area (TPSA) is 67.8 Å². The summed E-state index contributed by atoms with van der Waals surface area (Å²) in [6, 6.07) is 16.2. The van der Waals surface area contributed by atoms with E-state index in [1.54, 1.807) is 32.6 Å². The van der Waals surface area contributed by atoms with E-state index in [1.165, 1.54) is 0 Å². The third-order valence-corrected chi connectivity index (χ3v) is 5.33. The number of rotatable bonds is 8. The molecule has 0 amide bonds. The molecule has 3 aromatic rings. The third kappa shape index (κ3) is 6.60. The highest BCUT2D eigenvalue weighted by Crippen LogP contribution is 2.27. The highest BCUT2D eigenvalue weighted by atomic mass is 127. The summed E-state index contributed by atoms with van der Waals surface area (Å²) in [7, 11) is 5.05. The Morgan fingerprint density at radius 1 is 1.03 bits per heavy atom. The molecule has 0 aliphatic rings. The summed E-state index contributed by atoms with van der Waals surface area (Å²) in [6.07, 6.45) is 0.843. The number of ether oxygens (including phenoxy) is 2. The van der Waals surface area contributed by atoms with Crippen molar-refractivity contribution in [1.82, 2.24) is 15.6 Å². The summed E-state index contributed by atoms with van der Waals surface area (Å²) >= 11 is 1.65. The van der Waals surface area contributed by atoms with Crippen molar-refractivity contribution in [3.63, 3.8) is 0 Å². The van der Waals surface area contributed by atoms with Crippen molar-refractivity contribution in [1.29, 1.82) is 0 Å². The first-order valence-electron chi connectivity index (χ1n) is 9.38. The molecule has 8 heteroatoms. The number of thiazole rings is 1. The van der Waals surface area contributed by atoms with Crippen LogP contribution in [-0.4, -0.2) is 38.8 Å². The molecule has 3 rings (SSSR count). The van der Waals surface area contributed by atoms with Gasteiger partial charge in [-0.1, -0.05) is 36.4 Å². The highest BCUT2D eigenvalue weighted by molar-refractivity contribution is 14.0. The number of hydrogen-bond donors (Lipinski definition) is 2. The molecule has 2 N–H and O–H groups in total. The molecule has 0 saturated carbocycles. The van der Waals surface area contributed by atoms with E-state index < -0.39 is 0 Å². The Hall–Kier alpha value is -2.33. The lowest BCUT2D eigenvalue weighted by atomic mass is 10.1. The molecule has 0 aliphatic carbocycles. The van der Waals surface area contributed by atoms with Crippen LogP contribution in [-0.2, 0) is 13.0 Å². The van der Waals surface area contributed by atoms with E-state index in [0.29, 0.717) is 6.54 Å². The van der Waals surface area contributed by atoms with E-state index in [2.05, 4.69) is 33.1 Å². The predicted molar refractivity (Wildman–Crippen MR) is 134 cm³/mol. The quantitative estimate of drug-likeness (QED) is 0.254. The molecule has 0 spiro atoms. The zero-order valence-corrected chi connectivity index (χ0v) is 20.5. The molecule has 0 unspecified atom stereocenters. The van der Waals surface area contributed by atoms with Gasteiger partial charge >= 0.3 is 0 Å². The van der Waals surface area contributed by atoms with Crippen molar-refractivity contribution >= 4 is 41.3 Å². The first kappa shape index (κ1) is 23.9. The number of aliphatic imine (C=N–C) groups is 1. The first-order chi connectivity index (χ1) is 14.2. The normalized spacial score (nSPS) is 10.8. The molecule has 0 aliphatic heterocycles. The van der Waals surface area contributed by atoms with E-state index in [0.717, 1.165) is 52.3 Å². The lowest BCUT2D eigenvalue weighted by Gasteiger charge is -2.12. The van der Waals surface area contributed by atoms with Gasteiger partial charge in [-0.25, -0.2) is 4.98 Å². The van der Waals surface area contributed by atoms with E-state index >= 15 is 0 Å². The van der Waals surface area contributed by atoms with Crippen LogP contribution in [0.25, 0.3) is 10.6 Å². The summed E-state index contributed by atoms with van der Waals surface area (Å²) in [5, 5.41) is 9.75. The fourth-order valence-corrected chi connectivity index (χ4v) is 3.68. The molecule has 0 saturated heterocycles. The van der Waals surface area contributed by atoms with Crippen LogP contribution in [0.4, 0.5) is 0 Å². The Kier molecular flexibility index (Phi) is 9.88. The molecular weight excluding hydrogens is 511 g/mol. The Morgan fingerprint density at radius 3 is 2.50 bits per heavy atom. The zero-order valence-electron chi connectivity index (χ0n) is 17.3. The Morgan fingerprint density at radius 2 is 1.80 bits per heavy atom. The molecular formula is C22H27IN4O2S. The van der Waals surface area contributed by atoms with Gasteiger partial charge in [0.25, 0.3) is 0 Å². The Labute approximate surface area is 198 Å². The third-order valence-electron chi connectivity index (χ3n) is 4.39. The maximum absolute atomic E-state index is 5.36. The van der Waals surface area contributed by atoms with Gasteiger partial charge in [0.15, 0.2) is 17.5 Å². The number of nitrogens with one attached hydrogen (secondary N) is 2. The number of guanidine groups is 1. The van der Waals surface area contributed by atoms with Crippen LogP contribution in [0.5, 0.6) is 11.5 Å². The van der Waals surface area contributed by atoms with Crippen LogP contribution in [0.1, 0.15) is 11.3 Å². The molecule has 2 aromatic carbocycles. The van der Waals surface area contributed by atoms with Gasteiger partial charge in [0.05, 0.1) is 26.5 Å². The highest BCUT2D eigenvalue weighted by Gasteiger charge is 2.07. The van der Waals surface area contributed by atoms with Gasteiger partial charge in [0.2, 0.25) is 0 Å². The number of methoxy groups -OCH3 is 2. The van der Waals surface area contributed by atoms with Gasteiger partial charge in [-0.2, -0.15) is 0 Å². The lowest BCUT2D eigenvalue weighted by Crippen LogP contribution is -2.37. The van der Waals surface area contributed by atoms with Gasteiger partial charge in [-0.15, -0.1) is 35.3 Å². The Balaban J connectivity index is 0.00000320. The number of halogens is 1. The van der Waals surface area contributed by atoms with Crippen molar-refractivity contribution in [3.05, 3.63) is 65.2 Å². The molecule has 6 nitrogen and oxygen atoms in total. The molecule has 1 aromatic heterocycles. The van der Waals surface area contributed by atoms with Gasteiger partial charge in [-0.05, 0) is 24.1 Å². The maximum atomic E-state index is 5.36. The van der Waals surface area contributed by atoms with Gasteiger partial charge in [0.1, 0.15) is 5.01 Å². The monoisotopic (exact) mass is 538 g/mol. The minimum Gasteiger partial charge on any atom is -0.493 e. The fraction of sp³-hybridized carbons (Fsp3) is 0.273. The largest absolute Gasteiger partial charge is 0.493 e. The second kappa shape index (κ2) is 12.4. The van der Waals surface area contributed by atoms with E-state index in [4.69, 9.17) is 14.5 Å². The average molecular weight is 538 g/mol. The van der Waals surface area contributed by atoms with E-state index in [-0.39, 0.29) is 24.0 Å². The second-order valence-corrected chi connectivity index (χ2v) is 7.16. The van der Waals surface area contributed by atoms with Gasteiger partial charge in [-0.3, -0.25) is 4.99 Å². The van der Waals surface area contributed by atoms with E-state index in [9.17, 15) is 0 Å². The number of benzene rings is 2. The number of hydrogen-bond acceptors (Lipinski definition) is 5. The maximum Gasteiger partial charge on any atom is 0.191 e. The first-order valence-corrected chi connectivity index (χ1v) is 10.3. The summed E-state index contributed by atoms with van der Waals surface area (Å²) < 4.78 is 10.6. The summed E-state index contributed by atoms with van der Waals surface area (Å²) in [4.78, 5) is 8.98. The summed E-state index contributed by atoms with van der Waals surface area (Å²) in [5.74, 6) is 2.23. The van der Waals surface area contributed by atoms with Crippen LogP contribution in [0.2, 0.25) is 0 Å². The number of aromatic nitrogens is 1. The SMILES string of the molecule is CN=C(NCCc1ccc(OC)c(OC)c1)NCc1csc(-c2ccccc2)n1.I. The molecule has 0 radical (unpaired) electrons. The van der Waals surface area contributed by atoms with Crippen molar-refractivity contribution in [2.45, 2.75) is 13.0 Å². The second-order valence-electron chi connectivity index (χ2n) is 6.30. The molecule has 160 valence electrons. The van der Waals surface area contributed by atoms with Crippen LogP contribution in [0, 0.1) is 0 Å². The molecule has 30 heavy (non-hydrogen) atoms. The summed E-state index contributed by atoms with van der Waals surface area (Å²) in [5.41, 5.74) is 3.30. The molecule has 0 bridgehead atoms. The zero-order chi connectivity index (χ0) is 20.5. The average Bonchev–Trinajstić information content (AvgIpc) is 3.25. The van der Waals surface area contributed by atoms with Crippen molar-refractivity contribution in [2.75, 3.05) is 27.8 Å². The standard InChI is InChI=1S/C22H26N4O2S.HI/c1-23-22(24-12-11-16-9-10-19(27-2)20(13-16)28-3)25-14-18-15-29-21(26-18)17-7-5-4-6-8-17;/h4-10,13,15H,11-12,14H2,1-3H3,(H2,23,24,25);1H. The van der Waals surface area contributed by atoms with Gasteiger partial charge in [0, 0.05) is 24.5 Å². The lowest BCUT2D eigenvalue weighted by molar-refractivity contribution is 0.354. The van der Waals surface area contributed by atoms with Crippen LogP contribution in [0.15, 0.2) is 58.9 Å². The fourth-order valence-electron chi connectivity index (χ4n) is 2.86. The number of nitrogens with zero attached hydrogens (tertiary/aromatic N) is 2. The Bertz CT molecular complexity index is 947. The molecule has 0 fully saturated rings. The van der Waals surface area contributed by atoms with Crippen molar-refractivity contribution < 1.29 is 9.47 Å². The van der Waals surface area contributed by atoms with E-state index in [1.807, 2.05) is 36.4 Å². The predicted octanol–water partition coefficient (Wildman–Crippen LogP) is 4.35. The van der Waals surface area contributed by atoms with Crippen LogP contribution in [0.3, 0.4) is 0 Å².